The number of aromatic nitrogens is 3. The van der Waals surface area contributed by atoms with Gasteiger partial charge in [0.05, 0.1) is 11.4 Å². The van der Waals surface area contributed by atoms with E-state index in [0.29, 0.717) is 0 Å². The zero-order valence-electron chi connectivity index (χ0n) is 11.3. The van der Waals surface area contributed by atoms with Gasteiger partial charge in [-0.25, -0.2) is 9.37 Å². The minimum Gasteiger partial charge on any atom is -0.282 e. The zero-order chi connectivity index (χ0) is 14.1. The largest absolute Gasteiger partial charge is 0.282 e. The number of nitrogens with one attached hydrogen (secondary N) is 1. The van der Waals surface area contributed by atoms with E-state index < -0.39 is 0 Å². The number of pyridine rings is 1. The Morgan fingerprint density at radius 2 is 1.60 bits per heavy atom. The summed E-state index contributed by atoms with van der Waals surface area (Å²) in [6.45, 7) is 3.96. The Labute approximate surface area is 116 Å². The van der Waals surface area contributed by atoms with Crippen molar-refractivity contribution < 1.29 is 4.39 Å². The summed E-state index contributed by atoms with van der Waals surface area (Å²) in [4.78, 5) is 4.61. The monoisotopic (exact) mass is 267 g/mol. The number of aromatic amines is 1. The third-order valence-electron chi connectivity index (χ3n) is 3.08. The van der Waals surface area contributed by atoms with Gasteiger partial charge in [0.25, 0.3) is 0 Å². The first-order valence-corrected chi connectivity index (χ1v) is 6.39. The van der Waals surface area contributed by atoms with Gasteiger partial charge in [-0.3, -0.25) is 5.10 Å². The molecule has 0 atom stereocenters. The Kier molecular flexibility index (Phi) is 3.06. The van der Waals surface area contributed by atoms with E-state index in [-0.39, 0.29) is 5.82 Å². The van der Waals surface area contributed by atoms with Crippen molar-refractivity contribution in [2.75, 3.05) is 0 Å². The Morgan fingerprint density at radius 1 is 0.900 bits per heavy atom. The molecular formula is C16H14FN3. The lowest BCUT2D eigenvalue weighted by atomic mass is 10.1. The molecule has 2 aromatic heterocycles. The Hall–Kier alpha value is -2.49. The maximum absolute atomic E-state index is 13.0. The summed E-state index contributed by atoms with van der Waals surface area (Å²) in [6, 6.07) is 12.3. The Morgan fingerprint density at radius 3 is 2.25 bits per heavy atom. The van der Waals surface area contributed by atoms with Gasteiger partial charge in [0.15, 0.2) is 0 Å². The van der Waals surface area contributed by atoms with Crippen molar-refractivity contribution in [2.24, 2.45) is 0 Å². The van der Waals surface area contributed by atoms with Crippen molar-refractivity contribution in [1.29, 1.82) is 0 Å². The number of nitrogens with zero attached hydrogens (tertiary/aromatic N) is 2. The highest BCUT2D eigenvalue weighted by molar-refractivity contribution is 5.65. The number of aryl methyl sites for hydroxylation is 2. The fourth-order valence-corrected chi connectivity index (χ4v) is 2.12. The van der Waals surface area contributed by atoms with Crippen LogP contribution in [-0.2, 0) is 0 Å². The summed E-state index contributed by atoms with van der Waals surface area (Å²) in [7, 11) is 0. The Bertz CT molecular complexity index is 745. The maximum Gasteiger partial charge on any atom is 0.123 e. The molecular weight excluding hydrogens is 253 g/mol. The van der Waals surface area contributed by atoms with Gasteiger partial charge >= 0.3 is 0 Å². The first-order chi connectivity index (χ1) is 9.61. The molecule has 0 aliphatic carbocycles. The van der Waals surface area contributed by atoms with E-state index in [1.165, 1.54) is 12.1 Å². The number of benzene rings is 1. The second kappa shape index (κ2) is 4.89. The predicted molar refractivity (Wildman–Crippen MR) is 76.7 cm³/mol. The lowest BCUT2D eigenvalue weighted by Crippen LogP contribution is -1.91. The molecule has 20 heavy (non-hydrogen) atoms. The van der Waals surface area contributed by atoms with E-state index in [2.05, 4.69) is 15.2 Å². The highest BCUT2D eigenvalue weighted by Crippen LogP contribution is 2.24. The van der Waals surface area contributed by atoms with Crippen LogP contribution in [0.2, 0.25) is 0 Å². The fraction of sp³-hybridized carbons (Fsp3) is 0.125. The number of halogens is 1. The van der Waals surface area contributed by atoms with Crippen LogP contribution in [0.4, 0.5) is 4.39 Å². The van der Waals surface area contributed by atoms with Crippen molar-refractivity contribution in [2.45, 2.75) is 13.8 Å². The van der Waals surface area contributed by atoms with Gasteiger partial charge in [-0.2, -0.15) is 5.10 Å². The van der Waals surface area contributed by atoms with Crippen LogP contribution >= 0.6 is 0 Å². The van der Waals surface area contributed by atoms with Gasteiger partial charge in [-0.15, -0.1) is 0 Å². The molecule has 4 heteroatoms. The van der Waals surface area contributed by atoms with Crippen LogP contribution in [0.15, 0.2) is 42.5 Å². The summed E-state index contributed by atoms with van der Waals surface area (Å²) in [6.07, 6.45) is 0. The van der Waals surface area contributed by atoms with Crippen molar-refractivity contribution in [3.05, 3.63) is 59.5 Å². The molecule has 0 aliphatic heterocycles. The van der Waals surface area contributed by atoms with Gasteiger partial charge in [0, 0.05) is 11.3 Å². The van der Waals surface area contributed by atoms with Gasteiger partial charge in [-0.05, 0) is 61.9 Å². The molecule has 3 nitrogen and oxygen atoms in total. The number of rotatable bonds is 2. The highest BCUT2D eigenvalue weighted by atomic mass is 19.1. The summed E-state index contributed by atoms with van der Waals surface area (Å²) in [5.74, 6) is -0.246. The average molecular weight is 267 g/mol. The van der Waals surface area contributed by atoms with Gasteiger partial charge < -0.3 is 0 Å². The third-order valence-corrected chi connectivity index (χ3v) is 3.08. The topological polar surface area (TPSA) is 41.6 Å². The number of hydrogen-bond donors (Lipinski definition) is 1. The van der Waals surface area contributed by atoms with E-state index in [1.54, 1.807) is 12.1 Å². The molecule has 0 spiro atoms. The zero-order valence-corrected chi connectivity index (χ0v) is 11.3. The summed E-state index contributed by atoms with van der Waals surface area (Å²) >= 11 is 0. The molecule has 3 aromatic rings. The van der Waals surface area contributed by atoms with Crippen LogP contribution in [0.3, 0.4) is 0 Å². The molecule has 2 heterocycles. The number of hydrogen-bond acceptors (Lipinski definition) is 2. The van der Waals surface area contributed by atoms with E-state index in [4.69, 9.17) is 0 Å². The van der Waals surface area contributed by atoms with Crippen LogP contribution in [0.25, 0.3) is 22.6 Å². The van der Waals surface area contributed by atoms with E-state index in [1.807, 2.05) is 32.0 Å². The van der Waals surface area contributed by atoms with Crippen LogP contribution in [0.5, 0.6) is 0 Å². The van der Waals surface area contributed by atoms with Gasteiger partial charge in [0.1, 0.15) is 11.5 Å². The molecule has 0 aliphatic rings. The van der Waals surface area contributed by atoms with E-state index >= 15 is 0 Å². The minimum absolute atomic E-state index is 0.246. The third kappa shape index (κ3) is 2.45. The van der Waals surface area contributed by atoms with Gasteiger partial charge in [0.2, 0.25) is 0 Å². The smallest absolute Gasteiger partial charge is 0.123 e. The van der Waals surface area contributed by atoms with Crippen molar-refractivity contribution >= 4 is 0 Å². The summed E-state index contributed by atoms with van der Waals surface area (Å²) in [5, 5.41) is 7.14. The highest BCUT2D eigenvalue weighted by Gasteiger charge is 2.08. The Balaban J connectivity index is 2.09. The van der Waals surface area contributed by atoms with Crippen LogP contribution in [-0.4, -0.2) is 15.2 Å². The van der Waals surface area contributed by atoms with E-state index in [9.17, 15) is 4.39 Å². The molecule has 0 saturated carbocycles. The first-order valence-electron chi connectivity index (χ1n) is 6.39. The summed E-state index contributed by atoms with van der Waals surface area (Å²) in [5.41, 5.74) is 5.43. The van der Waals surface area contributed by atoms with Crippen LogP contribution in [0.1, 0.15) is 11.3 Å². The molecule has 0 saturated heterocycles. The first kappa shape index (κ1) is 12.5. The molecule has 0 amide bonds. The molecule has 1 aromatic carbocycles. The molecule has 100 valence electrons. The fourth-order valence-electron chi connectivity index (χ4n) is 2.12. The van der Waals surface area contributed by atoms with Crippen molar-refractivity contribution in [3.63, 3.8) is 0 Å². The van der Waals surface area contributed by atoms with Crippen LogP contribution < -0.4 is 0 Å². The SMILES string of the molecule is Cc1cc(-c2ccc(F)cc2)nc(-c2cc(C)[nH]n2)c1. The standard InChI is InChI=1S/C16H14FN3/c1-10-7-14(12-3-5-13(17)6-4-12)18-15(8-10)16-9-11(2)19-20-16/h3-9H,1-2H3,(H,19,20). The van der Waals surface area contributed by atoms with Gasteiger partial charge in [-0.1, -0.05) is 0 Å². The average Bonchev–Trinajstić information content (AvgIpc) is 2.85. The lowest BCUT2D eigenvalue weighted by Gasteiger charge is -2.05. The second-order valence-corrected chi connectivity index (χ2v) is 4.86. The molecule has 3 rings (SSSR count). The molecule has 0 unspecified atom stereocenters. The quantitative estimate of drug-likeness (QED) is 0.765. The lowest BCUT2D eigenvalue weighted by molar-refractivity contribution is 0.628. The van der Waals surface area contributed by atoms with Crippen molar-refractivity contribution in [1.82, 2.24) is 15.2 Å². The maximum atomic E-state index is 13.0. The second-order valence-electron chi connectivity index (χ2n) is 4.86. The molecule has 1 N–H and O–H groups in total. The molecule has 0 radical (unpaired) electrons. The molecule has 0 fully saturated rings. The minimum atomic E-state index is -0.246. The number of H-pyrrole nitrogens is 1. The predicted octanol–water partition coefficient (Wildman–Crippen LogP) is 3.89. The van der Waals surface area contributed by atoms with Crippen molar-refractivity contribution in [3.8, 4) is 22.6 Å². The normalized spacial score (nSPS) is 10.8. The van der Waals surface area contributed by atoms with E-state index in [0.717, 1.165) is 33.9 Å². The molecule has 0 bridgehead atoms. The van der Waals surface area contributed by atoms with Crippen LogP contribution in [0, 0.1) is 19.7 Å². The summed E-state index contributed by atoms with van der Waals surface area (Å²) < 4.78 is 13.0.